The molecular formula is C28H28. The standard InChI is InChI=1S/C28H28/c1-5-17-9-13-21-23-15-11-19(7-3)26-20(8-4)12-16-24(28(23)26)22-14-10-18(6-2)25(17)27(21)22/h9-16H,5-8H2,1-4H3. The number of fused-ring (bicyclic) bond motifs is 2. The highest BCUT2D eigenvalue weighted by Crippen LogP contribution is 2.44. The third kappa shape index (κ3) is 2.18. The van der Waals surface area contributed by atoms with Gasteiger partial charge in [0.1, 0.15) is 0 Å². The molecule has 5 aromatic carbocycles. The Bertz CT molecular complexity index is 1140. The minimum Gasteiger partial charge on any atom is -0.0613 e. The molecular weight excluding hydrogens is 336 g/mol. The summed E-state index contributed by atoms with van der Waals surface area (Å²) in [5.74, 6) is 0. The summed E-state index contributed by atoms with van der Waals surface area (Å²) in [7, 11) is 0. The van der Waals surface area contributed by atoms with E-state index in [1.165, 1.54) is 65.3 Å². The Hall–Kier alpha value is -2.60. The van der Waals surface area contributed by atoms with Crippen molar-refractivity contribution in [2.45, 2.75) is 53.4 Å². The first-order valence-electron chi connectivity index (χ1n) is 10.9. The van der Waals surface area contributed by atoms with E-state index in [0.717, 1.165) is 25.7 Å². The fraction of sp³-hybridized carbons (Fsp3) is 0.286. The number of rotatable bonds is 4. The molecule has 0 bridgehead atoms. The molecule has 0 saturated heterocycles. The second kappa shape index (κ2) is 6.48. The van der Waals surface area contributed by atoms with E-state index in [2.05, 4.69) is 76.2 Å². The molecule has 0 aromatic heterocycles. The van der Waals surface area contributed by atoms with E-state index in [9.17, 15) is 0 Å². The van der Waals surface area contributed by atoms with E-state index in [4.69, 9.17) is 0 Å². The summed E-state index contributed by atoms with van der Waals surface area (Å²) in [6.07, 6.45) is 4.33. The molecule has 0 N–H and O–H groups in total. The third-order valence-electron chi connectivity index (χ3n) is 6.77. The lowest BCUT2D eigenvalue weighted by Crippen LogP contribution is -1.97. The second-order valence-corrected chi connectivity index (χ2v) is 8.00. The molecule has 0 aliphatic heterocycles. The second-order valence-electron chi connectivity index (χ2n) is 8.00. The zero-order valence-corrected chi connectivity index (χ0v) is 17.4. The molecule has 0 spiro atoms. The summed E-state index contributed by atoms with van der Waals surface area (Å²) in [6.45, 7) is 9.12. The highest BCUT2D eigenvalue weighted by Gasteiger charge is 2.18. The van der Waals surface area contributed by atoms with Crippen LogP contribution in [0.2, 0.25) is 0 Å². The van der Waals surface area contributed by atoms with E-state index < -0.39 is 0 Å². The van der Waals surface area contributed by atoms with Crippen LogP contribution < -0.4 is 0 Å². The maximum absolute atomic E-state index is 2.38. The molecule has 0 aliphatic carbocycles. The van der Waals surface area contributed by atoms with Gasteiger partial charge in [-0.15, -0.1) is 0 Å². The zero-order valence-electron chi connectivity index (χ0n) is 17.4. The molecule has 0 aliphatic rings. The van der Waals surface area contributed by atoms with Gasteiger partial charge in [0.2, 0.25) is 0 Å². The van der Waals surface area contributed by atoms with E-state index in [0.29, 0.717) is 0 Å². The Morgan fingerprint density at radius 3 is 0.821 bits per heavy atom. The van der Waals surface area contributed by atoms with Gasteiger partial charge in [-0.2, -0.15) is 0 Å². The lowest BCUT2D eigenvalue weighted by atomic mass is 9.83. The van der Waals surface area contributed by atoms with Gasteiger partial charge in [0.15, 0.2) is 0 Å². The quantitative estimate of drug-likeness (QED) is 0.224. The van der Waals surface area contributed by atoms with Crippen molar-refractivity contribution >= 4 is 43.1 Å². The van der Waals surface area contributed by atoms with E-state index in [1.807, 2.05) is 0 Å². The highest BCUT2D eigenvalue weighted by molar-refractivity contribution is 6.34. The van der Waals surface area contributed by atoms with Crippen molar-refractivity contribution in [2.24, 2.45) is 0 Å². The highest BCUT2D eigenvalue weighted by atomic mass is 14.2. The van der Waals surface area contributed by atoms with Crippen LogP contribution in [0.3, 0.4) is 0 Å². The predicted octanol–water partition coefficient (Wildman–Crippen LogP) is 7.99. The van der Waals surface area contributed by atoms with Crippen LogP contribution in [0.25, 0.3) is 43.1 Å². The van der Waals surface area contributed by atoms with Gasteiger partial charge in [0, 0.05) is 0 Å². The van der Waals surface area contributed by atoms with Crippen LogP contribution in [0.5, 0.6) is 0 Å². The smallest absolute Gasteiger partial charge is 0.00208 e. The number of benzene rings is 5. The summed E-state index contributed by atoms with van der Waals surface area (Å²) in [6, 6.07) is 19.0. The SMILES string of the molecule is CCc1ccc2c3ccc(CC)c4c(CC)ccc(c5ccc(CC)c1c25)c43. The number of hydrogen-bond acceptors (Lipinski definition) is 0. The van der Waals surface area contributed by atoms with Gasteiger partial charge in [-0.3, -0.25) is 0 Å². The lowest BCUT2D eigenvalue weighted by molar-refractivity contribution is 1.12. The van der Waals surface area contributed by atoms with Crippen molar-refractivity contribution in [3.8, 4) is 0 Å². The van der Waals surface area contributed by atoms with Crippen molar-refractivity contribution in [1.29, 1.82) is 0 Å². The van der Waals surface area contributed by atoms with Crippen LogP contribution in [-0.4, -0.2) is 0 Å². The van der Waals surface area contributed by atoms with Gasteiger partial charge in [0.25, 0.3) is 0 Å². The monoisotopic (exact) mass is 364 g/mol. The molecule has 0 amide bonds. The van der Waals surface area contributed by atoms with Gasteiger partial charge >= 0.3 is 0 Å². The maximum Gasteiger partial charge on any atom is -0.00208 e. The van der Waals surface area contributed by atoms with Crippen LogP contribution in [0.4, 0.5) is 0 Å². The fourth-order valence-corrected chi connectivity index (χ4v) is 5.36. The number of hydrogen-bond donors (Lipinski definition) is 0. The van der Waals surface area contributed by atoms with Crippen molar-refractivity contribution in [1.82, 2.24) is 0 Å². The molecule has 0 radical (unpaired) electrons. The first-order valence-corrected chi connectivity index (χ1v) is 10.9. The Kier molecular flexibility index (Phi) is 4.05. The molecule has 5 rings (SSSR count). The van der Waals surface area contributed by atoms with Crippen molar-refractivity contribution in [3.63, 3.8) is 0 Å². The minimum absolute atomic E-state index is 1.08. The van der Waals surface area contributed by atoms with Crippen molar-refractivity contribution in [2.75, 3.05) is 0 Å². The largest absolute Gasteiger partial charge is 0.0613 e. The first-order chi connectivity index (χ1) is 13.7. The summed E-state index contributed by atoms with van der Waals surface area (Å²) >= 11 is 0. The molecule has 0 saturated carbocycles. The first kappa shape index (κ1) is 17.5. The van der Waals surface area contributed by atoms with Gasteiger partial charge in [-0.25, -0.2) is 0 Å². The maximum atomic E-state index is 2.38. The number of aryl methyl sites for hydroxylation is 4. The van der Waals surface area contributed by atoms with Crippen LogP contribution in [0, 0.1) is 0 Å². The van der Waals surface area contributed by atoms with Crippen LogP contribution in [-0.2, 0) is 25.7 Å². The van der Waals surface area contributed by atoms with E-state index in [1.54, 1.807) is 0 Å². The van der Waals surface area contributed by atoms with Crippen LogP contribution >= 0.6 is 0 Å². The Morgan fingerprint density at radius 2 is 0.607 bits per heavy atom. The molecule has 0 nitrogen and oxygen atoms in total. The fourth-order valence-electron chi connectivity index (χ4n) is 5.36. The third-order valence-corrected chi connectivity index (χ3v) is 6.77. The average Bonchev–Trinajstić information content (AvgIpc) is 2.76. The van der Waals surface area contributed by atoms with Crippen LogP contribution in [0.15, 0.2) is 48.5 Å². The Balaban J connectivity index is 2.14. The molecule has 0 heteroatoms. The molecule has 0 fully saturated rings. The van der Waals surface area contributed by atoms with Crippen molar-refractivity contribution in [3.05, 3.63) is 70.8 Å². The average molecular weight is 365 g/mol. The summed E-state index contributed by atoms with van der Waals surface area (Å²) in [5.41, 5.74) is 5.92. The lowest BCUT2D eigenvalue weighted by Gasteiger charge is -2.20. The normalized spacial score (nSPS) is 12.1. The predicted molar refractivity (Wildman–Crippen MR) is 125 cm³/mol. The molecule has 0 atom stereocenters. The Morgan fingerprint density at radius 1 is 0.357 bits per heavy atom. The zero-order chi connectivity index (χ0) is 19.4. The molecule has 0 unspecified atom stereocenters. The van der Waals surface area contributed by atoms with Crippen LogP contribution in [0.1, 0.15) is 49.9 Å². The summed E-state index contributed by atoms with van der Waals surface area (Å²) in [5, 5.41) is 11.6. The van der Waals surface area contributed by atoms with Gasteiger partial charge in [0.05, 0.1) is 0 Å². The van der Waals surface area contributed by atoms with E-state index in [-0.39, 0.29) is 0 Å². The Labute approximate surface area is 167 Å². The summed E-state index contributed by atoms with van der Waals surface area (Å²) in [4.78, 5) is 0. The molecule has 28 heavy (non-hydrogen) atoms. The van der Waals surface area contributed by atoms with Crippen molar-refractivity contribution < 1.29 is 0 Å². The summed E-state index contributed by atoms with van der Waals surface area (Å²) < 4.78 is 0. The molecule has 0 heterocycles. The van der Waals surface area contributed by atoms with Gasteiger partial charge in [-0.05, 0) is 91.0 Å². The van der Waals surface area contributed by atoms with E-state index >= 15 is 0 Å². The molecule has 5 aromatic rings. The topological polar surface area (TPSA) is 0 Å². The minimum atomic E-state index is 1.08. The van der Waals surface area contributed by atoms with Gasteiger partial charge < -0.3 is 0 Å². The molecule has 140 valence electrons. The van der Waals surface area contributed by atoms with Gasteiger partial charge in [-0.1, -0.05) is 76.2 Å².